The number of amides is 1. The number of hydrogen-bond acceptors (Lipinski definition) is 4. The van der Waals surface area contributed by atoms with E-state index in [0.717, 1.165) is 23.8 Å². The van der Waals surface area contributed by atoms with Gasteiger partial charge < -0.3 is 10.1 Å². The van der Waals surface area contributed by atoms with Gasteiger partial charge in [0.2, 0.25) is 10.0 Å². The summed E-state index contributed by atoms with van der Waals surface area (Å²) in [4.78, 5) is 12.2. The maximum Gasteiger partial charge on any atom is 0.252 e. The van der Waals surface area contributed by atoms with Crippen molar-refractivity contribution in [2.24, 2.45) is 0 Å². The van der Waals surface area contributed by atoms with Crippen molar-refractivity contribution < 1.29 is 17.9 Å². The highest BCUT2D eigenvalue weighted by Crippen LogP contribution is 2.22. The minimum atomic E-state index is -3.61. The largest absolute Gasteiger partial charge is 0.381 e. The molecule has 24 heavy (non-hydrogen) atoms. The third kappa shape index (κ3) is 6.05. The summed E-state index contributed by atoms with van der Waals surface area (Å²) in [6.45, 7) is 3.83. The Hall–Kier alpha value is -1.15. The number of ether oxygens (including phenoxy) is 1. The van der Waals surface area contributed by atoms with Crippen LogP contribution in [0.15, 0.2) is 23.1 Å². The van der Waals surface area contributed by atoms with Gasteiger partial charge in [-0.3, -0.25) is 4.79 Å². The molecule has 1 aromatic carbocycles. The molecule has 0 unspecified atom stereocenters. The molecule has 1 amide bonds. The SMILES string of the molecule is CCCCOCCCNC(=O)c1cc(S(=O)(=O)N(C)C)ccc1Cl. The second-order valence-corrected chi connectivity index (χ2v) is 8.06. The fourth-order valence-corrected chi connectivity index (χ4v) is 3.00. The molecule has 0 bridgehead atoms. The van der Waals surface area contributed by atoms with E-state index in [1.165, 1.54) is 32.3 Å². The average Bonchev–Trinajstić information content (AvgIpc) is 2.53. The number of nitrogens with zero attached hydrogens (tertiary/aromatic N) is 1. The molecule has 0 fully saturated rings. The van der Waals surface area contributed by atoms with E-state index < -0.39 is 15.9 Å². The van der Waals surface area contributed by atoms with Crippen molar-refractivity contribution in [2.45, 2.75) is 31.1 Å². The van der Waals surface area contributed by atoms with Crippen molar-refractivity contribution in [3.8, 4) is 0 Å². The fraction of sp³-hybridized carbons (Fsp3) is 0.562. The van der Waals surface area contributed by atoms with E-state index in [2.05, 4.69) is 12.2 Å². The zero-order valence-electron chi connectivity index (χ0n) is 14.3. The number of sulfonamides is 1. The Morgan fingerprint density at radius 2 is 1.92 bits per heavy atom. The summed E-state index contributed by atoms with van der Waals surface area (Å²) in [5.74, 6) is -0.399. The van der Waals surface area contributed by atoms with E-state index in [0.29, 0.717) is 19.6 Å². The molecule has 0 aliphatic heterocycles. The van der Waals surface area contributed by atoms with Gasteiger partial charge in [-0.05, 0) is 31.0 Å². The summed E-state index contributed by atoms with van der Waals surface area (Å²) < 4.78 is 30.8. The summed E-state index contributed by atoms with van der Waals surface area (Å²) in [6.07, 6.45) is 2.79. The van der Waals surface area contributed by atoms with E-state index in [9.17, 15) is 13.2 Å². The maximum absolute atomic E-state index is 12.2. The van der Waals surface area contributed by atoms with E-state index in [1.807, 2.05) is 0 Å². The second kappa shape index (κ2) is 9.98. The summed E-state index contributed by atoms with van der Waals surface area (Å²) in [7, 11) is -0.747. The van der Waals surface area contributed by atoms with Crippen molar-refractivity contribution in [1.29, 1.82) is 0 Å². The Kier molecular flexibility index (Phi) is 8.69. The quantitative estimate of drug-likeness (QED) is 0.636. The van der Waals surface area contributed by atoms with Crippen molar-refractivity contribution in [3.05, 3.63) is 28.8 Å². The molecule has 8 heteroatoms. The Labute approximate surface area is 149 Å². The minimum Gasteiger partial charge on any atom is -0.381 e. The Bertz CT molecular complexity index is 647. The van der Waals surface area contributed by atoms with Crippen LogP contribution in [0.5, 0.6) is 0 Å². The van der Waals surface area contributed by atoms with Gasteiger partial charge in [0.25, 0.3) is 5.91 Å². The van der Waals surface area contributed by atoms with Crippen LogP contribution in [0.4, 0.5) is 0 Å². The van der Waals surface area contributed by atoms with E-state index >= 15 is 0 Å². The van der Waals surface area contributed by atoms with Crippen molar-refractivity contribution in [2.75, 3.05) is 33.9 Å². The van der Waals surface area contributed by atoms with Crippen LogP contribution in [-0.2, 0) is 14.8 Å². The lowest BCUT2D eigenvalue weighted by atomic mass is 10.2. The van der Waals surface area contributed by atoms with Gasteiger partial charge in [0, 0.05) is 33.9 Å². The van der Waals surface area contributed by atoms with Crippen LogP contribution in [0.25, 0.3) is 0 Å². The topological polar surface area (TPSA) is 75.7 Å². The van der Waals surface area contributed by atoms with Crippen molar-refractivity contribution in [3.63, 3.8) is 0 Å². The number of benzene rings is 1. The molecule has 6 nitrogen and oxygen atoms in total. The van der Waals surface area contributed by atoms with Crippen LogP contribution in [0.3, 0.4) is 0 Å². The van der Waals surface area contributed by atoms with Crippen LogP contribution >= 0.6 is 11.6 Å². The first kappa shape index (κ1) is 20.9. The molecule has 0 spiro atoms. The number of halogens is 1. The van der Waals surface area contributed by atoms with Crippen LogP contribution < -0.4 is 5.32 Å². The molecule has 1 N–H and O–H groups in total. The minimum absolute atomic E-state index is 0.0324. The molecule has 0 heterocycles. The number of hydrogen-bond donors (Lipinski definition) is 1. The highest BCUT2D eigenvalue weighted by Gasteiger charge is 2.20. The highest BCUT2D eigenvalue weighted by atomic mass is 35.5. The second-order valence-electron chi connectivity index (χ2n) is 5.50. The molecule has 136 valence electrons. The number of unbranched alkanes of at least 4 members (excludes halogenated alkanes) is 1. The molecular weight excluding hydrogens is 352 g/mol. The van der Waals surface area contributed by atoms with Gasteiger partial charge in [0.05, 0.1) is 15.5 Å². The molecule has 0 aromatic heterocycles. The highest BCUT2D eigenvalue weighted by molar-refractivity contribution is 7.89. The van der Waals surface area contributed by atoms with Gasteiger partial charge in [-0.2, -0.15) is 0 Å². The summed E-state index contributed by atoms with van der Waals surface area (Å²) in [5, 5.41) is 2.94. The summed E-state index contributed by atoms with van der Waals surface area (Å²) in [5.41, 5.74) is 0.145. The third-order valence-electron chi connectivity index (χ3n) is 3.35. The lowest BCUT2D eigenvalue weighted by Crippen LogP contribution is -2.27. The lowest BCUT2D eigenvalue weighted by Gasteiger charge is -2.13. The normalized spacial score (nSPS) is 11.7. The van der Waals surface area contributed by atoms with Crippen molar-refractivity contribution >= 4 is 27.5 Å². The zero-order valence-corrected chi connectivity index (χ0v) is 15.9. The van der Waals surface area contributed by atoms with E-state index in [-0.39, 0.29) is 15.5 Å². The van der Waals surface area contributed by atoms with Crippen LogP contribution in [0.1, 0.15) is 36.5 Å². The first-order valence-electron chi connectivity index (χ1n) is 7.88. The standard InChI is InChI=1S/C16H25ClN2O4S/c1-4-5-10-23-11-6-9-18-16(20)14-12-13(7-8-15(14)17)24(21,22)19(2)3/h7-8,12H,4-6,9-11H2,1-3H3,(H,18,20). The molecule has 1 rings (SSSR count). The first-order chi connectivity index (χ1) is 11.3. The Balaban J connectivity index is 2.64. The van der Waals surface area contributed by atoms with Gasteiger partial charge in [-0.25, -0.2) is 12.7 Å². The molecule has 0 aliphatic carbocycles. The van der Waals surface area contributed by atoms with Gasteiger partial charge in [-0.15, -0.1) is 0 Å². The van der Waals surface area contributed by atoms with E-state index in [4.69, 9.17) is 16.3 Å². The predicted molar refractivity (Wildman–Crippen MR) is 95.0 cm³/mol. The summed E-state index contributed by atoms with van der Waals surface area (Å²) in [6, 6.07) is 4.10. The number of rotatable bonds is 10. The molecule has 0 radical (unpaired) electrons. The number of nitrogens with one attached hydrogen (secondary N) is 1. The number of carbonyl (C=O) groups is 1. The molecule has 0 saturated heterocycles. The third-order valence-corrected chi connectivity index (χ3v) is 5.49. The maximum atomic E-state index is 12.2. The predicted octanol–water partition coefficient (Wildman–Crippen LogP) is 2.53. The number of carbonyl (C=O) groups excluding carboxylic acids is 1. The monoisotopic (exact) mass is 376 g/mol. The molecule has 0 aliphatic rings. The Morgan fingerprint density at radius 1 is 1.25 bits per heavy atom. The van der Waals surface area contributed by atoms with Crippen LogP contribution in [-0.4, -0.2) is 52.5 Å². The van der Waals surface area contributed by atoms with Crippen LogP contribution in [0, 0.1) is 0 Å². The average molecular weight is 377 g/mol. The first-order valence-corrected chi connectivity index (χ1v) is 9.70. The fourth-order valence-electron chi connectivity index (χ4n) is 1.87. The molecule has 0 saturated carbocycles. The van der Waals surface area contributed by atoms with Crippen LogP contribution in [0.2, 0.25) is 5.02 Å². The van der Waals surface area contributed by atoms with E-state index in [1.54, 1.807) is 0 Å². The van der Waals surface area contributed by atoms with Gasteiger partial charge in [0.15, 0.2) is 0 Å². The Morgan fingerprint density at radius 3 is 2.54 bits per heavy atom. The van der Waals surface area contributed by atoms with Gasteiger partial charge in [-0.1, -0.05) is 24.9 Å². The lowest BCUT2D eigenvalue weighted by molar-refractivity contribution is 0.0940. The summed E-state index contributed by atoms with van der Waals surface area (Å²) >= 11 is 6.02. The van der Waals surface area contributed by atoms with Gasteiger partial charge in [0.1, 0.15) is 0 Å². The molecule has 1 aromatic rings. The smallest absolute Gasteiger partial charge is 0.252 e. The van der Waals surface area contributed by atoms with Crippen molar-refractivity contribution in [1.82, 2.24) is 9.62 Å². The molecular formula is C16H25ClN2O4S. The zero-order chi connectivity index (χ0) is 18.2. The van der Waals surface area contributed by atoms with Gasteiger partial charge >= 0.3 is 0 Å². The molecule has 0 atom stereocenters.